The number of nitrogens with zero attached hydrogens (tertiary/aromatic N) is 1. The molecule has 27 heavy (non-hydrogen) atoms. The number of piperidine rings is 1. The Bertz CT molecular complexity index is 671. The molecule has 3 amide bonds. The Hall–Kier alpha value is -2.57. The van der Waals surface area contributed by atoms with Gasteiger partial charge >= 0.3 is 12.0 Å². The van der Waals surface area contributed by atoms with E-state index in [0.29, 0.717) is 38.8 Å². The van der Waals surface area contributed by atoms with Gasteiger partial charge in [0.05, 0.1) is 11.8 Å². The first-order valence-electron chi connectivity index (χ1n) is 9.67. The molecule has 3 N–H and O–H groups in total. The number of carbonyl (C=O) groups is 3. The van der Waals surface area contributed by atoms with Gasteiger partial charge in [0.25, 0.3) is 0 Å². The second kappa shape index (κ2) is 8.88. The van der Waals surface area contributed by atoms with E-state index in [9.17, 15) is 14.4 Å². The highest BCUT2D eigenvalue weighted by Crippen LogP contribution is 2.25. The van der Waals surface area contributed by atoms with Crippen molar-refractivity contribution in [2.45, 2.75) is 44.6 Å². The Morgan fingerprint density at radius 2 is 1.67 bits per heavy atom. The number of hydrogen-bond donors (Lipinski definition) is 3. The van der Waals surface area contributed by atoms with Crippen molar-refractivity contribution in [3.63, 3.8) is 0 Å². The Morgan fingerprint density at radius 3 is 2.33 bits per heavy atom. The van der Waals surface area contributed by atoms with Crippen molar-refractivity contribution in [3.8, 4) is 0 Å². The molecule has 7 heteroatoms. The summed E-state index contributed by atoms with van der Waals surface area (Å²) >= 11 is 0. The van der Waals surface area contributed by atoms with Crippen molar-refractivity contribution in [1.29, 1.82) is 0 Å². The first kappa shape index (κ1) is 19.2. The third-order valence-electron chi connectivity index (χ3n) is 5.53. The lowest BCUT2D eigenvalue weighted by atomic mass is 9.85. The molecule has 2 fully saturated rings. The molecule has 1 unspecified atom stereocenters. The normalized spacial score (nSPS) is 25.5. The smallest absolute Gasteiger partial charge is 0.321 e. The lowest BCUT2D eigenvalue weighted by Crippen LogP contribution is -2.49. The molecule has 1 heterocycles. The van der Waals surface area contributed by atoms with Crippen molar-refractivity contribution in [2.75, 3.05) is 18.4 Å². The van der Waals surface area contributed by atoms with Crippen molar-refractivity contribution in [1.82, 2.24) is 10.2 Å². The monoisotopic (exact) mass is 373 g/mol. The Kier molecular flexibility index (Phi) is 6.32. The number of urea groups is 1. The van der Waals surface area contributed by atoms with Crippen LogP contribution in [0.2, 0.25) is 0 Å². The van der Waals surface area contributed by atoms with E-state index in [0.717, 1.165) is 18.5 Å². The second-order valence-corrected chi connectivity index (χ2v) is 7.48. The van der Waals surface area contributed by atoms with Gasteiger partial charge in [0.15, 0.2) is 0 Å². The van der Waals surface area contributed by atoms with E-state index in [2.05, 4.69) is 10.6 Å². The van der Waals surface area contributed by atoms with E-state index >= 15 is 0 Å². The summed E-state index contributed by atoms with van der Waals surface area (Å²) in [6.45, 7) is 1.06. The van der Waals surface area contributed by atoms with E-state index in [4.69, 9.17) is 5.11 Å². The van der Waals surface area contributed by atoms with Gasteiger partial charge in [-0.05, 0) is 50.7 Å². The fourth-order valence-corrected chi connectivity index (χ4v) is 3.90. The molecule has 1 aromatic carbocycles. The van der Waals surface area contributed by atoms with Crippen LogP contribution in [0.25, 0.3) is 0 Å². The SMILES string of the molecule is O=C(O)C1CCC(NC(=O)C2CCCN(C(=O)Nc3ccccc3)C2)CC1. The predicted molar refractivity (Wildman–Crippen MR) is 101 cm³/mol. The van der Waals surface area contributed by atoms with Gasteiger partial charge in [-0.15, -0.1) is 0 Å². The lowest BCUT2D eigenvalue weighted by Gasteiger charge is -2.34. The Morgan fingerprint density at radius 1 is 0.963 bits per heavy atom. The summed E-state index contributed by atoms with van der Waals surface area (Å²) in [7, 11) is 0. The van der Waals surface area contributed by atoms with Gasteiger partial charge in [-0.25, -0.2) is 4.79 Å². The molecule has 7 nitrogen and oxygen atoms in total. The van der Waals surface area contributed by atoms with Crippen molar-refractivity contribution in [3.05, 3.63) is 30.3 Å². The third kappa shape index (κ3) is 5.21. The van der Waals surface area contributed by atoms with Crippen LogP contribution in [0, 0.1) is 11.8 Å². The van der Waals surface area contributed by atoms with Crippen LogP contribution in [0.4, 0.5) is 10.5 Å². The maximum Gasteiger partial charge on any atom is 0.321 e. The summed E-state index contributed by atoms with van der Waals surface area (Å²) in [6.07, 6.45) is 4.19. The number of amides is 3. The van der Waals surface area contributed by atoms with Gasteiger partial charge in [-0.2, -0.15) is 0 Å². The summed E-state index contributed by atoms with van der Waals surface area (Å²) in [4.78, 5) is 37.8. The van der Waals surface area contributed by atoms with Crippen LogP contribution >= 0.6 is 0 Å². The number of benzene rings is 1. The highest BCUT2D eigenvalue weighted by Gasteiger charge is 2.31. The highest BCUT2D eigenvalue weighted by molar-refractivity contribution is 5.90. The molecule has 3 rings (SSSR count). The molecule has 1 aromatic rings. The van der Waals surface area contributed by atoms with Crippen molar-refractivity contribution in [2.24, 2.45) is 11.8 Å². The quantitative estimate of drug-likeness (QED) is 0.756. The van der Waals surface area contributed by atoms with Gasteiger partial charge in [0, 0.05) is 24.8 Å². The van der Waals surface area contributed by atoms with E-state index in [-0.39, 0.29) is 29.8 Å². The molecule has 0 radical (unpaired) electrons. The highest BCUT2D eigenvalue weighted by atomic mass is 16.4. The van der Waals surface area contributed by atoms with Gasteiger partial charge < -0.3 is 20.6 Å². The number of carboxylic acid groups (broad SMARTS) is 1. The minimum atomic E-state index is -0.743. The number of anilines is 1. The van der Waals surface area contributed by atoms with E-state index in [1.165, 1.54) is 0 Å². The number of likely N-dealkylation sites (tertiary alicyclic amines) is 1. The fraction of sp³-hybridized carbons (Fsp3) is 0.550. The largest absolute Gasteiger partial charge is 0.481 e. The maximum absolute atomic E-state index is 12.6. The van der Waals surface area contributed by atoms with Crippen LogP contribution in [-0.4, -0.2) is 47.0 Å². The molecule has 0 aromatic heterocycles. The first-order chi connectivity index (χ1) is 13.0. The molecule has 1 saturated carbocycles. The molecule has 1 aliphatic carbocycles. The molecule has 1 aliphatic heterocycles. The number of rotatable bonds is 4. The number of carboxylic acids is 1. The van der Waals surface area contributed by atoms with E-state index in [1.807, 2.05) is 30.3 Å². The number of carbonyl (C=O) groups excluding carboxylic acids is 2. The van der Waals surface area contributed by atoms with Crippen LogP contribution in [0.15, 0.2) is 30.3 Å². The summed E-state index contributed by atoms with van der Waals surface area (Å²) in [5.41, 5.74) is 0.740. The van der Waals surface area contributed by atoms with Gasteiger partial charge in [0.1, 0.15) is 0 Å². The zero-order chi connectivity index (χ0) is 19.2. The molecular weight excluding hydrogens is 346 g/mol. The number of nitrogens with one attached hydrogen (secondary N) is 2. The predicted octanol–water partition coefficient (Wildman–Crippen LogP) is 2.69. The standard InChI is InChI=1S/C20H27N3O4/c24-18(21-17-10-8-14(9-11-17)19(25)26)15-5-4-12-23(13-15)20(27)22-16-6-2-1-3-7-16/h1-3,6-7,14-15,17H,4-5,8-13H2,(H,21,24)(H,22,27)(H,25,26). The number of para-hydroxylation sites is 1. The molecule has 0 bridgehead atoms. The molecule has 146 valence electrons. The number of hydrogen-bond acceptors (Lipinski definition) is 3. The lowest BCUT2D eigenvalue weighted by molar-refractivity contribution is -0.142. The summed E-state index contributed by atoms with van der Waals surface area (Å²) in [5.74, 6) is -1.26. The van der Waals surface area contributed by atoms with Gasteiger partial charge in [0.2, 0.25) is 5.91 Å². The van der Waals surface area contributed by atoms with Crippen molar-refractivity contribution < 1.29 is 19.5 Å². The summed E-state index contributed by atoms with van der Waals surface area (Å²) in [5, 5.41) is 15.0. The summed E-state index contributed by atoms with van der Waals surface area (Å²) in [6, 6.07) is 9.14. The Labute approximate surface area is 159 Å². The molecule has 2 aliphatic rings. The summed E-state index contributed by atoms with van der Waals surface area (Å²) < 4.78 is 0. The van der Waals surface area contributed by atoms with Crippen LogP contribution in [0.5, 0.6) is 0 Å². The van der Waals surface area contributed by atoms with Crippen LogP contribution in [0.3, 0.4) is 0 Å². The zero-order valence-corrected chi connectivity index (χ0v) is 15.4. The molecule has 0 spiro atoms. The first-order valence-corrected chi connectivity index (χ1v) is 9.67. The average molecular weight is 373 g/mol. The average Bonchev–Trinajstić information content (AvgIpc) is 2.69. The number of aliphatic carboxylic acids is 1. The van der Waals surface area contributed by atoms with Crippen molar-refractivity contribution >= 4 is 23.6 Å². The molecular formula is C20H27N3O4. The zero-order valence-electron chi connectivity index (χ0n) is 15.4. The third-order valence-corrected chi connectivity index (χ3v) is 5.53. The molecule has 1 saturated heterocycles. The molecule has 1 atom stereocenters. The van der Waals surface area contributed by atoms with E-state index < -0.39 is 5.97 Å². The topological polar surface area (TPSA) is 98.7 Å². The minimum absolute atomic E-state index is 0.0222. The van der Waals surface area contributed by atoms with Crippen LogP contribution in [0.1, 0.15) is 38.5 Å². The maximum atomic E-state index is 12.6. The fourth-order valence-electron chi connectivity index (χ4n) is 3.90. The van der Waals surface area contributed by atoms with E-state index in [1.54, 1.807) is 4.90 Å². The second-order valence-electron chi connectivity index (χ2n) is 7.48. The van der Waals surface area contributed by atoms with Crippen LogP contribution in [-0.2, 0) is 9.59 Å². The van der Waals surface area contributed by atoms with Gasteiger partial charge in [-0.3, -0.25) is 9.59 Å². The van der Waals surface area contributed by atoms with Crippen LogP contribution < -0.4 is 10.6 Å². The Balaban J connectivity index is 1.48. The van der Waals surface area contributed by atoms with Gasteiger partial charge in [-0.1, -0.05) is 18.2 Å². The minimum Gasteiger partial charge on any atom is -0.481 e.